The number of thiophene rings is 1. The molecule has 0 amide bonds. The maximum absolute atomic E-state index is 10.5. The molecule has 0 radical (unpaired) electrons. The van der Waals surface area contributed by atoms with Crippen LogP contribution in [0.5, 0.6) is 0 Å². The van der Waals surface area contributed by atoms with Crippen LogP contribution < -0.4 is 5.32 Å². The van der Waals surface area contributed by atoms with Crippen molar-refractivity contribution in [1.29, 1.82) is 0 Å². The molecule has 0 bridgehead atoms. The van der Waals surface area contributed by atoms with Crippen molar-refractivity contribution in [2.24, 2.45) is 5.92 Å². The van der Waals surface area contributed by atoms with Gasteiger partial charge in [0.2, 0.25) is 0 Å². The molecule has 1 heterocycles. The zero-order valence-corrected chi connectivity index (χ0v) is 10.2. The Kier molecular flexibility index (Phi) is 4.57. The van der Waals surface area contributed by atoms with E-state index in [0.717, 1.165) is 11.0 Å². The Morgan fingerprint density at radius 2 is 2.50 bits per heavy atom. The highest BCUT2D eigenvalue weighted by molar-refractivity contribution is 9.10. The van der Waals surface area contributed by atoms with Gasteiger partial charge in [-0.25, -0.2) is 0 Å². The Bertz CT molecular complexity index is 314. The first-order valence-corrected chi connectivity index (χ1v) is 5.94. The van der Waals surface area contributed by atoms with E-state index in [1.54, 1.807) is 18.3 Å². The lowest BCUT2D eigenvalue weighted by molar-refractivity contribution is -0.140. The van der Waals surface area contributed by atoms with Gasteiger partial charge in [-0.2, -0.15) is 0 Å². The van der Waals surface area contributed by atoms with Crippen LogP contribution in [-0.4, -0.2) is 17.6 Å². The molecule has 1 atom stereocenters. The van der Waals surface area contributed by atoms with E-state index >= 15 is 0 Å². The van der Waals surface area contributed by atoms with Gasteiger partial charge >= 0.3 is 5.97 Å². The summed E-state index contributed by atoms with van der Waals surface area (Å²) in [5.74, 6) is -1.10. The van der Waals surface area contributed by atoms with Gasteiger partial charge in [0, 0.05) is 22.4 Å². The van der Waals surface area contributed by atoms with E-state index in [9.17, 15) is 4.79 Å². The van der Waals surface area contributed by atoms with E-state index in [0.29, 0.717) is 6.54 Å². The average molecular weight is 278 g/mol. The quantitative estimate of drug-likeness (QED) is 0.869. The number of hydrogen-bond acceptors (Lipinski definition) is 3. The number of carboxylic acids is 1. The van der Waals surface area contributed by atoms with Crippen LogP contribution in [0.4, 0.5) is 0 Å². The van der Waals surface area contributed by atoms with E-state index in [-0.39, 0.29) is 5.92 Å². The zero-order chi connectivity index (χ0) is 10.6. The molecule has 0 fully saturated rings. The van der Waals surface area contributed by atoms with Crippen LogP contribution in [0.15, 0.2) is 15.9 Å². The minimum absolute atomic E-state index is 0.339. The smallest absolute Gasteiger partial charge is 0.307 e. The molecule has 1 rings (SSSR count). The first kappa shape index (κ1) is 11.7. The molecule has 2 N–H and O–H groups in total. The van der Waals surface area contributed by atoms with Crippen LogP contribution in [0.3, 0.4) is 0 Å². The first-order valence-electron chi connectivity index (χ1n) is 4.26. The molecule has 0 aromatic carbocycles. The van der Waals surface area contributed by atoms with Crippen molar-refractivity contribution in [2.45, 2.75) is 13.5 Å². The van der Waals surface area contributed by atoms with E-state index in [1.165, 1.54) is 4.88 Å². The van der Waals surface area contributed by atoms with E-state index in [2.05, 4.69) is 21.2 Å². The Hall–Kier alpha value is -0.390. The summed E-state index contributed by atoms with van der Waals surface area (Å²) in [5.41, 5.74) is 0. The summed E-state index contributed by atoms with van der Waals surface area (Å²) in [6, 6.07) is 1.99. The summed E-state index contributed by atoms with van der Waals surface area (Å²) in [6.07, 6.45) is 0. The molecular weight excluding hydrogens is 266 g/mol. The van der Waals surface area contributed by atoms with Crippen molar-refractivity contribution in [3.05, 3.63) is 20.8 Å². The van der Waals surface area contributed by atoms with Gasteiger partial charge in [0.1, 0.15) is 0 Å². The summed E-state index contributed by atoms with van der Waals surface area (Å²) >= 11 is 5.07. The maximum atomic E-state index is 10.5. The average Bonchev–Trinajstić information content (AvgIpc) is 2.51. The van der Waals surface area contributed by atoms with Gasteiger partial charge < -0.3 is 10.4 Å². The van der Waals surface area contributed by atoms with Crippen LogP contribution in [0, 0.1) is 5.92 Å². The molecule has 1 unspecified atom stereocenters. The molecule has 0 aliphatic carbocycles. The molecule has 0 aliphatic rings. The fourth-order valence-corrected chi connectivity index (χ4v) is 2.40. The third kappa shape index (κ3) is 3.40. The zero-order valence-electron chi connectivity index (χ0n) is 7.79. The predicted molar refractivity (Wildman–Crippen MR) is 60.5 cm³/mol. The molecule has 3 nitrogen and oxygen atoms in total. The van der Waals surface area contributed by atoms with Crippen LogP contribution >= 0.6 is 27.3 Å². The number of nitrogens with one attached hydrogen (secondary N) is 1. The van der Waals surface area contributed by atoms with Gasteiger partial charge in [-0.15, -0.1) is 11.3 Å². The second-order valence-corrected chi connectivity index (χ2v) is 4.92. The van der Waals surface area contributed by atoms with Crippen LogP contribution in [0.1, 0.15) is 11.8 Å². The second kappa shape index (κ2) is 5.48. The highest BCUT2D eigenvalue weighted by Crippen LogP contribution is 2.22. The molecule has 0 saturated carbocycles. The third-order valence-electron chi connectivity index (χ3n) is 1.85. The highest BCUT2D eigenvalue weighted by atomic mass is 79.9. The number of carbonyl (C=O) groups is 1. The number of rotatable bonds is 5. The lowest BCUT2D eigenvalue weighted by Gasteiger charge is -2.07. The van der Waals surface area contributed by atoms with E-state index in [1.807, 2.05) is 11.4 Å². The third-order valence-corrected chi connectivity index (χ3v) is 3.78. The molecule has 5 heteroatoms. The molecule has 78 valence electrons. The van der Waals surface area contributed by atoms with Crippen molar-refractivity contribution >= 4 is 33.2 Å². The minimum atomic E-state index is -0.761. The Morgan fingerprint density at radius 3 is 3.00 bits per heavy atom. The summed E-state index contributed by atoms with van der Waals surface area (Å²) in [4.78, 5) is 11.7. The molecule has 1 aromatic rings. The van der Waals surface area contributed by atoms with Gasteiger partial charge in [-0.1, -0.05) is 6.92 Å². The van der Waals surface area contributed by atoms with Crippen molar-refractivity contribution in [2.75, 3.05) is 6.54 Å². The SMILES string of the molecule is CC(CNCc1sccc1Br)C(=O)O. The normalized spacial score (nSPS) is 12.7. The van der Waals surface area contributed by atoms with Crippen LogP contribution in [0.25, 0.3) is 0 Å². The standard InChI is InChI=1S/C9H12BrNO2S/c1-6(9(12)13)4-11-5-8-7(10)2-3-14-8/h2-3,6,11H,4-5H2,1H3,(H,12,13). The van der Waals surface area contributed by atoms with Gasteiger partial charge in [0.25, 0.3) is 0 Å². The summed E-state index contributed by atoms with van der Waals surface area (Å²) in [5, 5.41) is 13.8. The van der Waals surface area contributed by atoms with Gasteiger partial charge in [0.15, 0.2) is 0 Å². The molecule has 0 aliphatic heterocycles. The summed E-state index contributed by atoms with van der Waals surface area (Å²) < 4.78 is 1.08. The fourth-order valence-electron chi connectivity index (χ4n) is 0.941. The topological polar surface area (TPSA) is 49.3 Å². The number of halogens is 1. The van der Waals surface area contributed by atoms with Crippen LogP contribution in [0.2, 0.25) is 0 Å². The predicted octanol–water partition coefficient (Wildman–Crippen LogP) is 2.32. The molecular formula is C9H12BrNO2S. The van der Waals surface area contributed by atoms with Crippen LogP contribution in [-0.2, 0) is 11.3 Å². The Morgan fingerprint density at radius 1 is 1.79 bits per heavy atom. The van der Waals surface area contributed by atoms with Gasteiger partial charge in [-0.05, 0) is 27.4 Å². The monoisotopic (exact) mass is 277 g/mol. The summed E-state index contributed by atoms with van der Waals surface area (Å²) in [7, 11) is 0. The van der Waals surface area contributed by atoms with E-state index < -0.39 is 5.97 Å². The Labute approximate surface area is 95.3 Å². The Balaban J connectivity index is 2.29. The van der Waals surface area contributed by atoms with Crippen molar-refractivity contribution in [3.63, 3.8) is 0 Å². The number of hydrogen-bond donors (Lipinski definition) is 2. The fraction of sp³-hybridized carbons (Fsp3) is 0.444. The maximum Gasteiger partial charge on any atom is 0.307 e. The van der Waals surface area contributed by atoms with Crippen molar-refractivity contribution < 1.29 is 9.90 Å². The second-order valence-electron chi connectivity index (χ2n) is 3.06. The van der Waals surface area contributed by atoms with E-state index in [4.69, 9.17) is 5.11 Å². The van der Waals surface area contributed by atoms with Crippen molar-refractivity contribution in [3.8, 4) is 0 Å². The lowest BCUT2D eigenvalue weighted by Crippen LogP contribution is -2.25. The molecule has 0 saturated heterocycles. The summed E-state index contributed by atoms with van der Waals surface area (Å²) in [6.45, 7) is 2.91. The number of aliphatic carboxylic acids is 1. The van der Waals surface area contributed by atoms with Gasteiger partial charge in [-0.3, -0.25) is 4.79 Å². The number of carboxylic acid groups (broad SMARTS) is 1. The van der Waals surface area contributed by atoms with Crippen molar-refractivity contribution in [1.82, 2.24) is 5.32 Å². The molecule has 0 spiro atoms. The highest BCUT2D eigenvalue weighted by Gasteiger charge is 2.10. The first-order chi connectivity index (χ1) is 6.61. The lowest BCUT2D eigenvalue weighted by atomic mass is 10.2. The molecule has 1 aromatic heterocycles. The minimum Gasteiger partial charge on any atom is -0.481 e. The molecule has 14 heavy (non-hydrogen) atoms. The van der Waals surface area contributed by atoms with Gasteiger partial charge in [0.05, 0.1) is 5.92 Å². The largest absolute Gasteiger partial charge is 0.481 e.